The molecule has 0 saturated carbocycles. The highest BCUT2D eigenvalue weighted by atomic mass is 16.4. The second-order valence-electron chi connectivity index (χ2n) is 5.39. The molecule has 2 aromatic rings. The van der Waals surface area contributed by atoms with Crippen LogP contribution in [0.15, 0.2) is 30.6 Å². The van der Waals surface area contributed by atoms with Crippen molar-refractivity contribution in [3.05, 3.63) is 41.9 Å². The summed E-state index contributed by atoms with van der Waals surface area (Å²) in [6.45, 7) is 0.469. The van der Waals surface area contributed by atoms with Crippen molar-refractivity contribution in [3.8, 4) is 0 Å². The van der Waals surface area contributed by atoms with Gasteiger partial charge in [0.05, 0.1) is 5.56 Å². The maximum atomic E-state index is 12.4. The van der Waals surface area contributed by atoms with Gasteiger partial charge in [0.2, 0.25) is 0 Å². The van der Waals surface area contributed by atoms with Crippen molar-refractivity contribution in [1.29, 1.82) is 0 Å². The number of carbonyl (C=O) groups is 3. The lowest BCUT2D eigenvalue weighted by atomic mass is 10.2. The topological polar surface area (TPSA) is 117 Å². The molecule has 1 fully saturated rings. The summed E-state index contributed by atoms with van der Waals surface area (Å²) in [7, 11) is 1.76. The molecule has 2 amide bonds. The summed E-state index contributed by atoms with van der Waals surface area (Å²) in [5, 5.41) is 15.6. The van der Waals surface area contributed by atoms with Gasteiger partial charge in [0.15, 0.2) is 5.82 Å². The SMILES string of the molecule is Cn1ccc(N2CCC(NC(=O)c3ccc(C(=O)O)nc3)C2=O)n1. The van der Waals surface area contributed by atoms with Crippen LogP contribution in [0.5, 0.6) is 0 Å². The van der Waals surface area contributed by atoms with Crippen LogP contribution in [0.2, 0.25) is 0 Å². The number of anilines is 1. The molecule has 0 bridgehead atoms. The molecule has 9 heteroatoms. The first kappa shape index (κ1) is 15.7. The number of aromatic carboxylic acids is 1. The summed E-state index contributed by atoms with van der Waals surface area (Å²) in [6.07, 6.45) is 3.39. The number of hydrogen-bond donors (Lipinski definition) is 2. The Morgan fingerprint density at radius 3 is 2.71 bits per heavy atom. The van der Waals surface area contributed by atoms with Gasteiger partial charge in [-0.05, 0) is 18.6 Å². The van der Waals surface area contributed by atoms with Gasteiger partial charge in [-0.1, -0.05) is 0 Å². The number of aromatic nitrogens is 3. The first-order valence-corrected chi connectivity index (χ1v) is 7.27. The van der Waals surface area contributed by atoms with E-state index in [1.54, 1.807) is 24.0 Å². The molecular formula is C15H15N5O4. The van der Waals surface area contributed by atoms with Gasteiger partial charge in [0, 0.05) is 32.1 Å². The van der Waals surface area contributed by atoms with Crippen LogP contribution < -0.4 is 10.2 Å². The van der Waals surface area contributed by atoms with Crippen LogP contribution in [0.3, 0.4) is 0 Å². The molecule has 3 rings (SSSR count). The zero-order chi connectivity index (χ0) is 17.3. The standard InChI is InChI=1S/C15H15N5O4/c1-19-6-5-12(18-19)20-7-4-10(14(20)22)17-13(21)9-2-3-11(15(23)24)16-8-9/h2-3,5-6,8,10H,4,7H2,1H3,(H,17,21)(H,23,24). The molecule has 24 heavy (non-hydrogen) atoms. The molecule has 1 aliphatic heterocycles. The molecule has 0 aliphatic carbocycles. The molecule has 9 nitrogen and oxygen atoms in total. The molecule has 3 heterocycles. The Balaban J connectivity index is 1.66. The molecule has 0 spiro atoms. The summed E-state index contributed by atoms with van der Waals surface area (Å²) in [6, 6.07) is 3.70. The van der Waals surface area contributed by atoms with Crippen LogP contribution in [0.1, 0.15) is 27.3 Å². The smallest absolute Gasteiger partial charge is 0.354 e. The van der Waals surface area contributed by atoms with Crippen molar-refractivity contribution in [2.24, 2.45) is 7.05 Å². The molecule has 2 aromatic heterocycles. The third-order valence-corrected chi connectivity index (χ3v) is 3.73. The molecule has 1 atom stereocenters. The van der Waals surface area contributed by atoms with E-state index >= 15 is 0 Å². The molecule has 1 unspecified atom stereocenters. The zero-order valence-electron chi connectivity index (χ0n) is 12.8. The first-order valence-electron chi connectivity index (χ1n) is 7.27. The first-order chi connectivity index (χ1) is 11.5. The van der Waals surface area contributed by atoms with E-state index in [1.165, 1.54) is 23.2 Å². The number of amides is 2. The number of carboxylic acid groups (broad SMARTS) is 1. The summed E-state index contributed by atoms with van der Waals surface area (Å²) < 4.78 is 1.60. The predicted octanol–water partition coefficient (Wildman–Crippen LogP) is 0.0486. The van der Waals surface area contributed by atoms with Crippen LogP contribution in [-0.2, 0) is 11.8 Å². The largest absolute Gasteiger partial charge is 0.477 e. The van der Waals surface area contributed by atoms with E-state index < -0.39 is 17.9 Å². The van der Waals surface area contributed by atoms with E-state index in [2.05, 4.69) is 15.4 Å². The second-order valence-corrected chi connectivity index (χ2v) is 5.39. The molecule has 1 aliphatic rings. The van der Waals surface area contributed by atoms with Gasteiger partial charge in [0.1, 0.15) is 11.7 Å². The number of rotatable bonds is 4. The number of carbonyl (C=O) groups excluding carboxylic acids is 2. The normalized spacial score (nSPS) is 17.1. The number of pyridine rings is 1. The van der Waals surface area contributed by atoms with Gasteiger partial charge in [-0.25, -0.2) is 9.78 Å². The minimum absolute atomic E-state index is 0.148. The highest BCUT2D eigenvalue weighted by Crippen LogP contribution is 2.19. The summed E-state index contributed by atoms with van der Waals surface area (Å²) in [5.74, 6) is -1.32. The Kier molecular flexibility index (Phi) is 3.98. The third-order valence-electron chi connectivity index (χ3n) is 3.73. The fourth-order valence-electron chi connectivity index (χ4n) is 2.48. The van der Waals surface area contributed by atoms with Crippen LogP contribution in [0.4, 0.5) is 5.82 Å². The Morgan fingerprint density at radius 1 is 1.33 bits per heavy atom. The number of hydrogen-bond acceptors (Lipinski definition) is 5. The van der Waals surface area contributed by atoms with Crippen LogP contribution in [-0.4, -0.2) is 50.2 Å². The Bertz CT molecular complexity index is 798. The van der Waals surface area contributed by atoms with Gasteiger partial charge in [-0.3, -0.25) is 19.2 Å². The predicted molar refractivity (Wildman–Crippen MR) is 82.6 cm³/mol. The van der Waals surface area contributed by atoms with Gasteiger partial charge in [0.25, 0.3) is 11.8 Å². The number of nitrogens with one attached hydrogen (secondary N) is 1. The maximum absolute atomic E-state index is 12.4. The van der Waals surface area contributed by atoms with Crippen molar-refractivity contribution in [2.75, 3.05) is 11.4 Å². The number of nitrogens with zero attached hydrogens (tertiary/aromatic N) is 4. The van der Waals surface area contributed by atoms with Gasteiger partial charge in [-0.2, -0.15) is 5.10 Å². The van der Waals surface area contributed by atoms with Crippen molar-refractivity contribution >= 4 is 23.6 Å². The monoisotopic (exact) mass is 329 g/mol. The quantitative estimate of drug-likeness (QED) is 0.818. The van der Waals surface area contributed by atoms with Crippen molar-refractivity contribution in [1.82, 2.24) is 20.1 Å². The highest BCUT2D eigenvalue weighted by molar-refractivity contribution is 6.03. The molecule has 1 saturated heterocycles. The number of carboxylic acids is 1. The molecule has 2 N–H and O–H groups in total. The second kappa shape index (κ2) is 6.11. The fourth-order valence-corrected chi connectivity index (χ4v) is 2.48. The van der Waals surface area contributed by atoms with Crippen molar-refractivity contribution in [2.45, 2.75) is 12.5 Å². The Labute approximate surface area is 136 Å². The van der Waals surface area contributed by atoms with Crippen molar-refractivity contribution < 1.29 is 19.5 Å². The zero-order valence-corrected chi connectivity index (χ0v) is 12.8. The lowest BCUT2D eigenvalue weighted by Gasteiger charge is -2.14. The maximum Gasteiger partial charge on any atom is 0.354 e. The molecule has 0 radical (unpaired) electrons. The Morgan fingerprint density at radius 2 is 2.12 bits per heavy atom. The fraction of sp³-hybridized carbons (Fsp3) is 0.267. The number of aryl methyl sites for hydroxylation is 1. The lowest BCUT2D eigenvalue weighted by molar-refractivity contribution is -0.118. The summed E-state index contributed by atoms with van der Waals surface area (Å²) in [4.78, 5) is 40.5. The van der Waals surface area contributed by atoms with E-state index in [9.17, 15) is 14.4 Å². The highest BCUT2D eigenvalue weighted by Gasteiger charge is 2.34. The average Bonchev–Trinajstić information content (AvgIpc) is 3.14. The molecular weight excluding hydrogens is 314 g/mol. The van der Waals surface area contributed by atoms with Crippen LogP contribution >= 0.6 is 0 Å². The lowest BCUT2D eigenvalue weighted by Crippen LogP contribution is -2.41. The summed E-state index contributed by atoms with van der Waals surface area (Å²) >= 11 is 0. The Hall–Kier alpha value is -3.23. The van der Waals surface area contributed by atoms with Gasteiger partial charge in [-0.15, -0.1) is 0 Å². The van der Waals surface area contributed by atoms with E-state index in [4.69, 9.17) is 5.11 Å². The van der Waals surface area contributed by atoms with E-state index in [1.807, 2.05) is 0 Å². The minimum Gasteiger partial charge on any atom is -0.477 e. The van der Waals surface area contributed by atoms with E-state index in [0.29, 0.717) is 18.8 Å². The van der Waals surface area contributed by atoms with Gasteiger partial charge >= 0.3 is 5.97 Å². The van der Waals surface area contributed by atoms with Crippen LogP contribution in [0.25, 0.3) is 0 Å². The van der Waals surface area contributed by atoms with E-state index in [0.717, 1.165) is 0 Å². The van der Waals surface area contributed by atoms with Crippen molar-refractivity contribution in [3.63, 3.8) is 0 Å². The summed E-state index contributed by atoms with van der Waals surface area (Å²) in [5.41, 5.74) is 0.0499. The molecule has 124 valence electrons. The van der Waals surface area contributed by atoms with E-state index in [-0.39, 0.29) is 17.2 Å². The average molecular weight is 329 g/mol. The minimum atomic E-state index is -1.17. The van der Waals surface area contributed by atoms with Crippen LogP contribution in [0, 0.1) is 0 Å². The van der Waals surface area contributed by atoms with Gasteiger partial charge < -0.3 is 10.4 Å². The molecule has 0 aromatic carbocycles. The third kappa shape index (κ3) is 2.96.